The van der Waals surface area contributed by atoms with Crippen molar-refractivity contribution >= 4 is 24.8 Å². The first-order chi connectivity index (χ1) is 17.0. The lowest BCUT2D eigenvalue weighted by Crippen LogP contribution is -2.68. The molecule has 0 saturated carbocycles. The van der Waals surface area contributed by atoms with Crippen LogP contribution in [0.2, 0.25) is 5.04 Å². The molecule has 1 amide bonds. The third-order valence-electron chi connectivity index (χ3n) is 6.63. The zero-order valence-corrected chi connectivity index (χ0v) is 24.0. The molecule has 0 unspecified atom stereocenters. The molecule has 0 spiro atoms. The number of carbonyl (C=O) groups excluding carboxylic acids is 1. The van der Waals surface area contributed by atoms with Gasteiger partial charge in [0, 0.05) is 13.7 Å². The Bertz CT molecular complexity index is 916. The van der Waals surface area contributed by atoms with Gasteiger partial charge < -0.3 is 23.5 Å². The lowest BCUT2D eigenvalue weighted by Gasteiger charge is -2.46. The molecule has 1 aliphatic heterocycles. The molecule has 1 saturated heterocycles. The van der Waals surface area contributed by atoms with Crippen molar-refractivity contribution in [3.8, 4) is 0 Å². The molecule has 2 aromatic carbocycles. The number of benzene rings is 2. The standard InChI is InChI=1S/C29H43NO5Si/c1-28(2,3)35-27(31)30-20-14-19-26(33-22-32-7)25(30)21-34-36(29(4,5)6,23-15-10-8-11-16-23)24-17-12-9-13-18-24/h8-13,15-18,25-26H,14,19-22H2,1-7H3/t25-,26-/m0/s1. The highest BCUT2D eigenvalue weighted by Crippen LogP contribution is 2.37. The summed E-state index contributed by atoms with van der Waals surface area (Å²) in [5.74, 6) is 0. The van der Waals surface area contributed by atoms with Gasteiger partial charge in [0.1, 0.15) is 12.4 Å². The molecule has 6 nitrogen and oxygen atoms in total. The zero-order valence-electron chi connectivity index (χ0n) is 23.0. The molecule has 7 heteroatoms. The monoisotopic (exact) mass is 513 g/mol. The normalized spacial score (nSPS) is 19.2. The van der Waals surface area contributed by atoms with Crippen LogP contribution in [0.5, 0.6) is 0 Å². The second-order valence-electron chi connectivity index (χ2n) is 11.5. The van der Waals surface area contributed by atoms with E-state index in [4.69, 9.17) is 18.6 Å². The Balaban J connectivity index is 2.03. The maximum atomic E-state index is 13.3. The average molecular weight is 514 g/mol. The molecule has 36 heavy (non-hydrogen) atoms. The van der Waals surface area contributed by atoms with Crippen molar-refractivity contribution in [3.63, 3.8) is 0 Å². The van der Waals surface area contributed by atoms with Crippen molar-refractivity contribution in [2.45, 2.75) is 77.2 Å². The van der Waals surface area contributed by atoms with Gasteiger partial charge >= 0.3 is 6.09 Å². The summed E-state index contributed by atoms with van der Waals surface area (Å²) in [6.45, 7) is 13.6. The summed E-state index contributed by atoms with van der Waals surface area (Å²) in [6, 6.07) is 20.8. The van der Waals surface area contributed by atoms with Crippen LogP contribution < -0.4 is 10.4 Å². The van der Waals surface area contributed by atoms with Gasteiger partial charge in [-0.3, -0.25) is 0 Å². The Labute approximate surface area is 218 Å². The number of likely N-dealkylation sites (tertiary alicyclic amines) is 1. The molecule has 198 valence electrons. The Morgan fingerprint density at radius 2 is 1.50 bits per heavy atom. The highest BCUT2D eigenvalue weighted by Gasteiger charge is 2.51. The van der Waals surface area contributed by atoms with E-state index >= 15 is 0 Å². The highest BCUT2D eigenvalue weighted by atomic mass is 28.4. The molecule has 2 atom stereocenters. The van der Waals surface area contributed by atoms with E-state index in [1.807, 2.05) is 32.9 Å². The molecule has 0 N–H and O–H groups in total. The Morgan fingerprint density at radius 1 is 0.944 bits per heavy atom. The summed E-state index contributed by atoms with van der Waals surface area (Å²) < 4.78 is 24.3. The van der Waals surface area contributed by atoms with E-state index in [0.29, 0.717) is 13.2 Å². The van der Waals surface area contributed by atoms with Crippen LogP contribution in [0.25, 0.3) is 0 Å². The molecule has 0 bridgehead atoms. The second kappa shape index (κ2) is 11.9. The van der Waals surface area contributed by atoms with Crippen molar-refractivity contribution in [2.24, 2.45) is 0 Å². The van der Waals surface area contributed by atoms with Crippen molar-refractivity contribution in [1.82, 2.24) is 4.90 Å². The van der Waals surface area contributed by atoms with Gasteiger partial charge in [-0.25, -0.2) is 4.79 Å². The number of amides is 1. The molecular formula is C29H43NO5Si. The van der Waals surface area contributed by atoms with Crippen LogP contribution in [0.4, 0.5) is 4.79 Å². The third kappa shape index (κ3) is 6.57. The summed E-state index contributed by atoms with van der Waals surface area (Å²) in [7, 11) is -1.16. The maximum Gasteiger partial charge on any atom is 0.410 e. The topological polar surface area (TPSA) is 57.2 Å². The lowest BCUT2D eigenvalue weighted by atomic mass is 10.00. The van der Waals surface area contributed by atoms with Gasteiger partial charge in [-0.1, -0.05) is 81.4 Å². The van der Waals surface area contributed by atoms with E-state index in [1.54, 1.807) is 12.0 Å². The van der Waals surface area contributed by atoms with Gasteiger partial charge in [-0.15, -0.1) is 0 Å². The predicted octanol–water partition coefficient (Wildman–Crippen LogP) is 4.95. The minimum absolute atomic E-state index is 0.163. The van der Waals surface area contributed by atoms with Gasteiger partial charge in [0.15, 0.2) is 0 Å². The fourth-order valence-electron chi connectivity index (χ4n) is 5.09. The summed E-state index contributed by atoms with van der Waals surface area (Å²) >= 11 is 0. The fourth-order valence-corrected chi connectivity index (χ4v) is 9.66. The van der Waals surface area contributed by atoms with Crippen molar-refractivity contribution in [2.75, 3.05) is 27.1 Å². The number of methoxy groups -OCH3 is 1. The lowest BCUT2D eigenvalue weighted by molar-refractivity contribution is -0.120. The average Bonchev–Trinajstić information content (AvgIpc) is 2.83. The first kappa shape index (κ1) is 28.4. The summed E-state index contributed by atoms with van der Waals surface area (Å²) in [6.07, 6.45) is 1.13. The predicted molar refractivity (Wildman–Crippen MR) is 146 cm³/mol. The summed E-state index contributed by atoms with van der Waals surface area (Å²) in [5.41, 5.74) is -0.583. The molecule has 1 fully saturated rings. The molecule has 0 aliphatic carbocycles. The van der Waals surface area contributed by atoms with Crippen LogP contribution in [0, 0.1) is 0 Å². The van der Waals surface area contributed by atoms with Crippen LogP contribution in [0.1, 0.15) is 54.4 Å². The van der Waals surface area contributed by atoms with Gasteiger partial charge in [0.25, 0.3) is 8.32 Å². The minimum Gasteiger partial charge on any atom is -0.444 e. The molecule has 1 heterocycles. The number of carbonyl (C=O) groups is 1. The van der Waals surface area contributed by atoms with Crippen LogP contribution >= 0.6 is 0 Å². The van der Waals surface area contributed by atoms with E-state index in [1.165, 1.54) is 10.4 Å². The van der Waals surface area contributed by atoms with E-state index < -0.39 is 13.9 Å². The smallest absolute Gasteiger partial charge is 0.410 e. The number of hydrogen-bond donors (Lipinski definition) is 0. The molecule has 0 aromatic heterocycles. The second-order valence-corrected chi connectivity index (χ2v) is 15.8. The number of rotatable bonds is 8. The highest BCUT2D eigenvalue weighted by molar-refractivity contribution is 6.99. The van der Waals surface area contributed by atoms with E-state index in [-0.39, 0.29) is 30.1 Å². The van der Waals surface area contributed by atoms with Gasteiger partial charge in [0.2, 0.25) is 0 Å². The van der Waals surface area contributed by atoms with Crippen LogP contribution in [0.3, 0.4) is 0 Å². The number of hydrogen-bond acceptors (Lipinski definition) is 5. The zero-order chi connectivity index (χ0) is 26.4. The van der Waals surface area contributed by atoms with E-state index in [0.717, 1.165) is 12.8 Å². The first-order valence-corrected chi connectivity index (χ1v) is 14.8. The summed E-state index contributed by atoms with van der Waals surface area (Å²) in [4.78, 5) is 15.1. The quantitative estimate of drug-likeness (QED) is 0.369. The van der Waals surface area contributed by atoms with Crippen molar-refractivity contribution in [3.05, 3.63) is 60.7 Å². The molecular weight excluding hydrogens is 470 g/mol. The van der Waals surface area contributed by atoms with Gasteiger partial charge in [0.05, 0.1) is 18.8 Å². The largest absolute Gasteiger partial charge is 0.444 e. The molecule has 3 rings (SSSR count). The van der Waals surface area contributed by atoms with Gasteiger partial charge in [-0.05, 0) is 49.0 Å². The van der Waals surface area contributed by atoms with Crippen LogP contribution in [0.15, 0.2) is 60.7 Å². The Kier molecular flexibility index (Phi) is 9.38. The summed E-state index contributed by atoms with van der Waals surface area (Å²) in [5, 5.41) is 2.25. The minimum atomic E-state index is -2.77. The number of ether oxygens (including phenoxy) is 3. The maximum absolute atomic E-state index is 13.3. The molecule has 0 radical (unpaired) electrons. The van der Waals surface area contributed by atoms with Crippen molar-refractivity contribution < 1.29 is 23.4 Å². The third-order valence-corrected chi connectivity index (χ3v) is 11.6. The van der Waals surface area contributed by atoms with Crippen LogP contribution in [-0.4, -0.2) is 64.1 Å². The first-order valence-electron chi connectivity index (χ1n) is 12.8. The van der Waals surface area contributed by atoms with E-state index in [2.05, 4.69) is 69.3 Å². The molecule has 2 aromatic rings. The van der Waals surface area contributed by atoms with E-state index in [9.17, 15) is 4.79 Å². The Morgan fingerprint density at radius 3 is 1.97 bits per heavy atom. The number of nitrogens with zero attached hydrogens (tertiary/aromatic N) is 1. The Hall–Kier alpha value is -2.19. The van der Waals surface area contributed by atoms with Gasteiger partial charge in [-0.2, -0.15) is 0 Å². The molecule has 1 aliphatic rings. The fraction of sp³-hybridized carbons (Fsp3) is 0.552. The SMILES string of the molecule is COCO[C@H]1CCCN(C(=O)OC(C)(C)C)[C@H]1CO[Si](c1ccccc1)(c1ccccc1)C(C)(C)C. The number of piperidine rings is 1. The van der Waals surface area contributed by atoms with Crippen LogP contribution in [-0.2, 0) is 18.6 Å². The van der Waals surface area contributed by atoms with Crippen molar-refractivity contribution in [1.29, 1.82) is 0 Å².